The number of carbonyl (C=O) groups is 1. The third kappa shape index (κ3) is 5.49. The van der Waals surface area contributed by atoms with Crippen molar-refractivity contribution in [2.24, 2.45) is 0 Å². The zero-order valence-corrected chi connectivity index (χ0v) is 17.9. The average Bonchev–Trinajstić information content (AvgIpc) is 3.23. The van der Waals surface area contributed by atoms with E-state index < -0.39 is 11.7 Å². The Morgan fingerprint density at radius 3 is 2.34 bits per heavy atom. The number of carbonyl (C=O) groups excluding carboxylic acids is 1. The molecule has 0 bridgehead atoms. The fourth-order valence-corrected chi connectivity index (χ4v) is 4.22. The number of rotatable bonds is 7. The average molecular weight is 441 g/mol. The van der Waals surface area contributed by atoms with E-state index in [4.69, 9.17) is 0 Å². The highest BCUT2D eigenvalue weighted by Gasteiger charge is 2.30. The lowest BCUT2D eigenvalue weighted by atomic mass is 9.97. The lowest BCUT2D eigenvalue weighted by molar-refractivity contribution is -0.137. The molecule has 0 fully saturated rings. The monoisotopic (exact) mass is 440 g/mol. The van der Waals surface area contributed by atoms with Gasteiger partial charge in [0.05, 0.1) is 5.56 Å². The van der Waals surface area contributed by atoms with Crippen LogP contribution in [0.15, 0.2) is 67.0 Å². The van der Waals surface area contributed by atoms with Crippen LogP contribution in [0.3, 0.4) is 0 Å². The lowest BCUT2D eigenvalue weighted by Crippen LogP contribution is -2.29. The predicted molar refractivity (Wildman–Crippen MR) is 122 cm³/mol. The Morgan fingerprint density at radius 1 is 0.938 bits per heavy atom. The number of fused-ring (bicyclic) bond motifs is 1. The van der Waals surface area contributed by atoms with E-state index in [1.54, 1.807) is 10.6 Å². The molecule has 1 aromatic heterocycles. The second-order valence-corrected chi connectivity index (χ2v) is 8.36. The highest BCUT2D eigenvalue weighted by molar-refractivity contribution is 5.89. The quantitative estimate of drug-likeness (QED) is 0.384. The lowest BCUT2D eigenvalue weighted by Gasteiger charge is -2.26. The zero-order valence-electron chi connectivity index (χ0n) is 17.9. The van der Waals surface area contributed by atoms with E-state index in [0.29, 0.717) is 12.0 Å². The van der Waals surface area contributed by atoms with Crippen molar-refractivity contribution < 1.29 is 18.0 Å². The molecule has 32 heavy (non-hydrogen) atoms. The summed E-state index contributed by atoms with van der Waals surface area (Å²) in [6, 6.07) is 13.5. The molecule has 6 heteroatoms. The summed E-state index contributed by atoms with van der Waals surface area (Å²) in [6.45, 7) is 2.53. The summed E-state index contributed by atoms with van der Waals surface area (Å²) in [5, 5.41) is 2.15. The van der Waals surface area contributed by atoms with Crippen LogP contribution in [0.4, 0.5) is 13.2 Å². The molecule has 0 atom stereocenters. The van der Waals surface area contributed by atoms with Gasteiger partial charge in [-0.2, -0.15) is 13.2 Å². The molecule has 0 radical (unpaired) electrons. The summed E-state index contributed by atoms with van der Waals surface area (Å²) in [5.74, 6) is 0.118. The van der Waals surface area contributed by atoms with Gasteiger partial charge in [0.1, 0.15) is 0 Å². The van der Waals surface area contributed by atoms with Crippen molar-refractivity contribution >= 4 is 22.3 Å². The first kappa shape index (κ1) is 22.3. The number of alkyl halides is 3. The summed E-state index contributed by atoms with van der Waals surface area (Å²) < 4.78 is 40.5. The van der Waals surface area contributed by atoms with Crippen molar-refractivity contribution in [3.63, 3.8) is 0 Å². The summed E-state index contributed by atoms with van der Waals surface area (Å²) in [6.07, 6.45) is 5.63. The molecule has 0 unspecified atom stereocenters. The predicted octanol–water partition coefficient (Wildman–Crippen LogP) is 6.65. The molecular weight excluding hydrogens is 413 g/mol. The third-order valence-corrected chi connectivity index (χ3v) is 6.06. The van der Waals surface area contributed by atoms with E-state index in [0.717, 1.165) is 67.7 Å². The fourth-order valence-electron chi connectivity index (χ4n) is 4.22. The third-order valence-electron chi connectivity index (χ3n) is 6.06. The Morgan fingerprint density at radius 2 is 1.69 bits per heavy atom. The van der Waals surface area contributed by atoms with Gasteiger partial charge in [-0.05, 0) is 59.8 Å². The smallest absolute Gasteiger partial charge is 0.299 e. The Bertz CT molecular complexity index is 1080. The molecule has 0 saturated heterocycles. The first-order valence-corrected chi connectivity index (χ1v) is 11.1. The number of hydrogen-bond acceptors (Lipinski definition) is 2. The van der Waals surface area contributed by atoms with Crippen molar-refractivity contribution in [2.45, 2.75) is 38.3 Å². The summed E-state index contributed by atoms with van der Waals surface area (Å²) in [7, 11) is 0. The van der Waals surface area contributed by atoms with Crippen molar-refractivity contribution in [2.75, 3.05) is 19.6 Å². The van der Waals surface area contributed by atoms with E-state index in [-0.39, 0.29) is 5.91 Å². The molecule has 4 rings (SSSR count). The number of unbranched alkanes of at least 4 members (excludes halogenated alkanes) is 2. The largest absolute Gasteiger partial charge is 0.416 e. The maximum atomic E-state index is 12.9. The van der Waals surface area contributed by atoms with Crippen LogP contribution in [0.2, 0.25) is 0 Å². The van der Waals surface area contributed by atoms with Gasteiger partial charge in [0.25, 0.3) is 0 Å². The van der Waals surface area contributed by atoms with Crippen LogP contribution in [-0.4, -0.2) is 35.0 Å². The number of aromatic nitrogens is 1. The molecule has 168 valence electrons. The van der Waals surface area contributed by atoms with Crippen molar-refractivity contribution in [1.82, 2.24) is 9.47 Å². The summed E-state index contributed by atoms with van der Waals surface area (Å²) in [5.41, 5.74) is 1.05. The van der Waals surface area contributed by atoms with Crippen LogP contribution < -0.4 is 0 Å². The Kier molecular flexibility index (Phi) is 6.80. The molecule has 0 amide bonds. The van der Waals surface area contributed by atoms with E-state index in [1.807, 2.05) is 42.7 Å². The molecule has 3 aromatic rings. The highest BCUT2D eigenvalue weighted by atomic mass is 19.4. The van der Waals surface area contributed by atoms with Gasteiger partial charge in [-0.1, -0.05) is 48.9 Å². The SMILES string of the molecule is O=C(CCCCCN1CC=C(c2cccc(C(F)(F)F)c2)CC1)n1cc2ccccc2c1. The van der Waals surface area contributed by atoms with Gasteiger partial charge in [0, 0.05) is 31.9 Å². The second kappa shape index (κ2) is 9.74. The van der Waals surface area contributed by atoms with Crippen LogP contribution in [0.25, 0.3) is 16.3 Å². The zero-order chi connectivity index (χ0) is 22.6. The van der Waals surface area contributed by atoms with Gasteiger partial charge in [-0.3, -0.25) is 14.3 Å². The molecule has 2 heterocycles. The van der Waals surface area contributed by atoms with Gasteiger partial charge in [-0.25, -0.2) is 0 Å². The van der Waals surface area contributed by atoms with E-state index in [1.165, 1.54) is 12.1 Å². The first-order chi connectivity index (χ1) is 15.4. The van der Waals surface area contributed by atoms with E-state index in [2.05, 4.69) is 4.90 Å². The minimum atomic E-state index is -4.31. The second-order valence-electron chi connectivity index (χ2n) is 8.36. The number of halogens is 3. The molecule has 0 saturated carbocycles. The summed E-state index contributed by atoms with van der Waals surface area (Å²) >= 11 is 0. The maximum Gasteiger partial charge on any atom is 0.416 e. The van der Waals surface area contributed by atoms with Crippen LogP contribution in [0.1, 0.15) is 48.0 Å². The Balaban J connectivity index is 1.19. The minimum absolute atomic E-state index is 0.118. The standard InChI is InChI=1S/C26H27F3N2O/c27-26(28,29)24-10-6-9-21(17-24)20-12-15-30(16-13-20)14-5-1-2-11-25(32)31-18-22-7-3-4-8-23(22)19-31/h3-4,6-10,12,17-19H,1-2,5,11,13-16H2. The van der Waals surface area contributed by atoms with Gasteiger partial charge in [0.15, 0.2) is 0 Å². The fraction of sp³-hybridized carbons (Fsp3) is 0.346. The minimum Gasteiger partial charge on any atom is -0.299 e. The van der Waals surface area contributed by atoms with Crippen LogP contribution >= 0.6 is 0 Å². The topological polar surface area (TPSA) is 25.2 Å². The van der Waals surface area contributed by atoms with Crippen LogP contribution in [0.5, 0.6) is 0 Å². The Labute approximate surface area is 186 Å². The van der Waals surface area contributed by atoms with E-state index >= 15 is 0 Å². The number of benzene rings is 2. The molecule has 3 nitrogen and oxygen atoms in total. The van der Waals surface area contributed by atoms with Gasteiger partial charge in [0.2, 0.25) is 5.91 Å². The normalized spacial score (nSPS) is 15.2. The molecule has 1 aliphatic heterocycles. The Hall–Kier alpha value is -2.86. The van der Waals surface area contributed by atoms with Gasteiger partial charge in [-0.15, -0.1) is 0 Å². The van der Waals surface area contributed by atoms with E-state index in [9.17, 15) is 18.0 Å². The summed E-state index contributed by atoms with van der Waals surface area (Å²) in [4.78, 5) is 14.7. The molecular formula is C26H27F3N2O. The van der Waals surface area contributed by atoms with Crippen molar-refractivity contribution in [1.29, 1.82) is 0 Å². The van der Waals surface area contributed by atoms with Crippen LogP contribution in [-0.2, 0) is 6.18 Å². The first-order valence-electron chi connectivity index (χ1n) is 11.1. The van der Waals surface area contributed by atoms with Gasteiger partial charge < -0.3 is 0 Å². The van der Waals surface area contributed by atoms with Crippen LogP contribution in [0, 0.1) is 0 Å². The number of nitrogens with zero attached hydrogens (tertiary/aromatic N) is 2. The highest BCUT2D eigenvalue weighted by Crippen LogP contribution is 2.32. The molecule has 0 spiro atoms. The molecule has 0 N–H and O–H groups in total. The van der Waals surface area contributed by atoms with Gasteiger partial charge >= 0.3 is 6.18 Å². The molecule has 0 aliphatic carbocycles. The molecule has 2 aromatic carbocycles. The molecule has 1 aliphatic rings. The van der Waals surface area contributed by atoms with Crippen molar-refractivity contribution in [3.05, 3.63) is 78.1 Å². The number of hydrogen-bond donors (Lipinski definition) is 0. The maximum absolute atomic E-state index is 12.9. The van der Waals surface area contributed by atoms with Crippen molar-refractivity contribution in [3.8, 4) is 0 Å².